The van der Waals surface area contributed by atoms with Gasteiger partial charge in [-0.25, -0.2) is 4.39 Å². The summed E-state index contributed by atoms with van der Waals surface area (Å²) in [7, 11) is 0. The van der Waals surface area contributed by atoms with Gasteiger partial charge < -0.3 is 5.32 Å². The number of nitrogens with one attached hydrogen (secondary N) is 1. The smallest absolute Gasteiger partial charge is 0.129 e. The minimum absolute atomic E-state index is 0.230. The van der Waals surface area contributed by atoms with E-state index < -0.39 is 0 Å². The van der Waals surface area contributed by atoms with E-state index in [1.807, 2.05) is 18.2 Å². The molecule has 2 aromatic carbocycles. The van der Waals surface area contributed by atoms with Crippen molar-refractivity contribution < 1.29 is 4.39 Å². The van der Waals surface area contributed by atoms with Crippen LogP contribution in [0.15, 0.2) is 48.2 Å². The van der Waals surface area contributed by atoms with E-state index >= 15 is 0 Å². The van der Waals surface area contributed by atoms with E-state index in [4.69, 9.17) is 0 Å². The summed E-state index contributed by atoms with van der Waals surface area (Å²) in [5.74, 6) is -0.230. The Morgan fingerprint density at radius 2 is 1.53 bits per heavy atom. The molecule has 0 radical (unpaired) electrons. The third-order valence-electron chi connectivity index (χ3n) is 2.48. The molecule has 1 N–H and O–H groups in total. The maximum atomic E-state index is 13.7. The number of hydrogen-bond acceptors (Lipinski definition) is 1. The van der Waals surface area contributed by atoms with Crippen molar-refractivity contribution in [1.29, 1.82) is 0 Å². The number of benzene rings is 2. The van der Waals surface area contributed by atoms with Crippen molar-refractivity contribution in [1.82, 2.24) is 0 Å². The van der Waals surface area contributed by atoms with Gasteiger partial charge in [-0.1, -0.05) is 37.9 Å². The molecule has 0 aliphatic heterocycles. The van der Waals surface area contributed by atoms with Gasteiger partial charge >= 0.3 is 0 Å². The van der Waals surface area contributed by atoms with Gasteiger partial charge in [0, 0.05) is 30.0 Å². The van der Waals surface area contributed by atoms with E-state index in [-0.39, 0.29) is 5.82 Å². The first-order chi connectivity index (χ1) is 8.97. The van der Waals surface area contributed by atoms with Crippen molar-refractivity contribution >= 4 is 69.4 Å². The van der Waals surface area contributed by atoms with Crippen molar-refractivity contribution in [2.45, 2.75) is 6.54 Å². The number of rotatable bonds is 3. The molecule has 0 spiro atoms. The maximum absolute atomic E-state index is 13.7. The molecule has 2 rings (SSSR count). The quantitative estimate of drug-likeness (QED) is 0.492. The Bertz CT molecular complexity index is 593. The van der Waals surface area contributed by atoms with Crippen LogP contribution in [0.5, 0.6) is 0 Å². The first-order valence-electron chi connectivity index (χ1n) is 5.29. The molecule has 2 aromatic rings. The summed E-state index contributed by atoms with van der Waals surface area (Å²) < 4.78 is 17.2. The van der Waals surface area contributed by atoms with E-state index in [0.717, 1.165) is 23.6 Å². The first-order valence-corrected chi connectivity index (χ1v) is 8.47. The van der Waals surface area contributed by atoms with Crippen LogP contribution >= 0.6 is 63.7 Å². The molecule has 0 unspecified atom stereocenters. The first kappa shape index (κ1) is 15.5. The molecule has 0 aliphatic carbocycles. The molecule has 0 aliphatic rings. The van der Waals surface area contributed by atoms with Gasteiger partial charge in [0.1, 0.15) is 5.82 Å². The molecular weight excluding hydrogens is 509 g/mol. The van der Waals surface area contributed by atoms with Crippen molar-refractivity contribution in [3.8, 4) is 0 Å². The second-order valence-corrected chi connectivity index (χ2v) is 7.37. The second kappa shape index (κ2) is 6.70. The topological polar surface area (TPSA) is 12.0 Å². The maximum Gasteiger partial charge on any atom is 0.129 e. The Morgan fingerprint density at radius 1 is 0.895 bits per heavy atom. The highest BCUT2D eigenvalue weighted by atomic mass is 79.9. The van der Waals surface area contributed by atoms with E-state index in [2.05, 4.69) is 69.0 Å². The Labute approximate surface area is 144 Å². The molecule has 19 heavy (non-hydrogen) atoms. The summed E-state index contributed by atoms with van der Waals surface area (Å²) in [4.78, 5) is 0. The van der Waals surface area contributed by atoms with Crippen molar-refractivity contribution in [2.75, 3.05) is 5.32 Å². The SMILES string of the molecule is Fc1cc(Br)ccc1CNc1c(Br)cc(Br)cc1Br. The molecular formula is C13H8Br4FN. The summed E-state index contributed by atoms with van der Waals surface area (Å²) in [5, 5.41) is 3.22. The summed E-state index contributed by atoms with van der Waals surface area (Å²) in [5.41, 5.74) is 1.51. The van der Waals surface area contributed by atoms with Crippen molar-refractivity contribution in [3.05, 3.63) is 59.6 Å². The zero-order chi connectivity index (χ0) is 14.0. The number of anilines is 1. The van der Waals surface area contributed by atoms with Crippen molar-refractivity contribution in [2.24, 2.45) is 0 Å². The third kappa shape index (κ3) is 4.03. The lowest BCUT2D eigenvalue weighted by atomic mass is 10.2. The molecule has 0 saturated carbocycles. The van der Waals surface area contributed by atoms with E-state index in [9.17, 15) is 4.39 Å². The van der Waals surface area contributed by atoms with Gasteiger partial charge in [-0.3, -0.25) is 0 Å². The van der Waals surface area contributed by atoms with Gasteiger partial charge in [-0.05, 0) is 56.1 Å². The lowest BCUT2D eigenvalue weighted by Crippen LogP contribution is -2.03. The lowest BCUT2D eigenvalue weighted by molar-refractivity contribution is 0.612. The lowest BCUT2D eigenvalue weighted by Gasteiger charge is -2.12. The fourth-order valence-corrected chi connectivity index (χ4v) is 4.43. The van der Waals surface area contributed by atoms with Gasteiger partial charge in [0.25, 0.3) is 0 Å². The molecule has 100 valence electrons. The van der Waals surface area contributed by atoms with Crippen LogP contribution in [-0.4, -0.2) is 0 Å². The van der Waals surface area contributed by atoms with Crippen LogP contribution in [0.4, 0.5) is 10.1 Å². The summed E-state index contributed by atoms with van der Waals surface area (Å²) in [6, 6.07) is 8.91. The molecule has 0 aromatic heterocycles. The molecule has 0 atom stereocenters. The van der Waals surface area contributed by atoms with E-state index in [0.29, 0.717) is 12.1 Å². The van der Waals surface area contributed by atoms with Gasteiger partial charge in [-0.2, -0.15) is 0 Å². The van der Waals surface area contributed by atoms with Crippen LogP contribution in [-0.2, 0) is 6.54 Å². The highest BCUT2D eigenvalue weighted by molar-refractivity contribution is 9.11. The molecule has 0 saturated heterocycles. The van der Waals surface area contributed by atoms with E-state index in [1.54, 1.807) is 6.07 Å². The molecule has 0 fully saturated rings. The zero-order valence-corrected chi connectivity index (χ0v) is 15.8. The Morgan fingerprint density at radius 3 is 2.11 bits per heavy atom. The molecule has 6 heteroatoms. The monoisotopic (exact) mass is 513 g/mol. The standard InChI is InChI=1S/C13H8Br4FN/c14-8-2-1-7(12(18)5-8)6-19-13-10(16)3-9(15)4-11(13)17/h1-5,19H,6H2. The Balaban J connectivity index is 2.19. The number of hydrogen-bond donors (Lipinski definition) is 1. The normalized spacial score (nSPS) is 10.6. The van der Waals surface area contributed by atoms with Crippen LogP contribution in [0.1, 0.15) is 5.56 Å². The summed E-state index contributed by atoms with van der Waals surface area (Å²) in [6.07, 6.45) is 0. The van der Waals surface area contributed by atoms with Gasteiger partial charge in [-0.15, -0.1) is 0 Å². The third-order valence-corrected chi connectivity index (χ3v) is 4.68. The van der Waals surface area contributed by atoms with Crippen LogP contribution < -0.4 is 5.32 Å². The predicted octanol–water partition coefficient (Wildman–Crippen LogP) is 6.49. The van der Waals surface area contributed by atoms with Crippen LogP contribution in [0, 0.1) is 5.82 Å². The largest absolute Gasteiger partial charge is 0.379 e. The fourth-order valence-electron chi connectivity index (χ4n) is 1.56. The molecule has 1 nitrogen and oxygen atoms in total. The minimum Gasteiger partial charge on any atom is -0.379 e. The average molecular weight is 517 g/mol. The number of halogens is 5. The molecule has 0 bridgehead atoms. The molecule has 0 amide bonds. The highest BCUT2D eigenvalue weighted by Gasteiger charge is 2.08. The Kier molecular flexibility index (Phi) is 5.45. The second-order valence-electron chi connectivity index (χ2n) is 3.83. The predicted molar refractivity (Wildman–Crippen MR) is 91.0 cm³/mol. The van der Waals surface area contributed by atoms with Gasteiger partial charge in [0.2, 0.25) is 0 Å². The summed E-state index contributed by atoms with van der Waals surface area (Å²) in [6.45, 7) is 0.415. The zero-order valence-electron chi connectivity index (χ0n) is 9.48. The minimum atomic E-state index is -0.230. The molecule has 0 heterocycles. The van der Waals surface area contributed by atoms with Crippen molar-refractivity contribution in [3.63, 3.8) is 0 Å². The van der Waals surface area contributed by atoms with Gasteiger partial charge in [0.15, 0.2) is 0 Å². The van der Waals surface area contributed by atoms with Crippen LogP contribution in [0.2, 0.25) is 0 Å². The average Bonchev–Trinajstić information content (AvgIpc) is 2.30. The van der Waals surface area contributed by atoms with Crippen LogP contribution in [0.3, 0.4) is 0 Å². The van der Waals surface area contributed by atoms with Crippen LogP contribution in [0.25, 0.3) is 0 Å². The fraction of sp³-hybridized carbons (Fsp3) is 0.0769. The highest BCUT2D eigenvalue weighted by Crippen LogP contribution is 2.34. The summed E-state index contributed by atoms with van der Waals surface area (Å²) >= 11 is 13.6. The van der Waals surface area contributed by atoms with Gasteiger partial charge in [0.05, 0.1) is 5.69 Å². The Hall–Kier alpha value is 0.0900. The van der Waals surface area contributed by atoms with E-state index in [1.165, 1.54) is 6.07 Å².